The van der Waals surface area contributed by atoms with Crippen LogP contribution in [-0.2, 0) is 9.53 Å². The van der Waals surface area contributed by atoms with Crippen LogP contribution in [0, 0.1) is 0 Å². The first-order chi connectivity index (χ1) is 8.75. The largest absolute Gasteiger partial charge is 0.450 e. The molecular formula is C15H14O3. The minimum Gasteiger partial charge on any atom is -0.450 e. The van der Waals surface area contributed by atoms with Crippen LogP contribution in [0.5, 0.6) is 5.75 Å². The molecule has 0 spiro atoms. The Balaban J connectivity index is 2.18. The van der Waals surface area contributed by atoms with Crippen LogP contribution < -0.4 is 4.74 Å². The number of benzene rings is 2. The molecule has 0 saturated heterocycles. The number of hydrogen-bond donors (Lipinski definition) is 0. The quantitative estimate of drug-likeness (QED) is 0.609. The van der Waals surface area contributed by atoms with Crippen molar-refractivity contribution in [3.8, 4) is 5.75 Å². The van der Waals surface area contributed by atoms with Crippen molar-refractivity contribution in [1.29, 1.82) is 0 Å². The summed E-state index contributed by atoms with van der Waals surface area (Å²) in [6.07, 6.45) is -0.717. The molecule has 2 aromatic carbocycles. The predicted octanol–water partition coefficient (Wildman–Crippen LogP) is 3.33. The lowest BCUT2D eigenvalue weighted by Crippen LogP contribution is -2.14. The molecule has 92 valence electrons. The first kappa shape index (κ1) is 12.2. The molecule has 0 fully saturated rings. The predicted molar refractivity (Wildman–Crippen MR) is 68.0 cm³/mol. The van der Waals surface area contributed by atoms with E-state index in [1.54, 1.807) is 0 Å². The van der Waals surface area contributed by atoms with E-state index in [2.05, 4.69) is 0 Å². The Hall–Kier alpha value is -2.29. The van der Waals surface area contributed by atoms with Crippen LogP contribution in [0.4, 0.5) is 0 Å². The second-order valence-electron chi connectivity index (χ2n) is 3.78. The van der Waals surface area contributed by atoms with Gasteiger partial charge in [-0.05, 0) is 12.1 Å². The molecule has 3 nitrogen and oxygen atoms in total. The molecule has 0 N–H and O–H groups in total. The van der Waals surface area contributed by atoms with E-state index < -0.39 is 6.29 Å². The SMILES string of the molecule is CC(=O)O[C@@H](Oc1ccccc1)c1ccccc1. The summed E-state index contributed by atoms with van der Waals surface area (Å²) in [6.45, 7) is 1.37. The van der Waals surface area contributed by atoms with Gasteiger partial charge in [0.15, 0.2) is 0 Å². The number of para-hydroxylation sites is 1. The van der Waals surface area contributed by atoms with Crippen LogP contribution in [0.1, 0.15) is 18.8 Å². The highest BCUT2D eigenvalue weighted by Gasteiger charge is 2.15. The fraction of sp³-hybridized carbons (Fsp3) is 0.133. The molecule has 0 aliphatic carbocycles. The maximum atomic E-state index is 11.1. The molecule has 18 heavy (non-hydrogen) atoms. The minimum atomic E-state index is -0.717. The maximum absolute atomic E-state index is 11.1. The third-order valence-corrected chi connectivity index (χ3v) is 2.33. The molecule has 0 bridgehead atoms. The Morgan fingerprint density at radius 3 is 2.06 bits per heavy atom. The summed E-state index contributed by atoms with van der Waals surface area (Å²) in [5.41, 5.74) is 0.802. The third-order valence-electron chi connectivity index (χ3n) is 2.33. The van der Waals surface area contributed by atoms with Crippen molar-refractivity contribution in [2.24, 2.45) is 0 Å². The molecule has 2 rings (SSSR count). The highest BCUT2D eigenvalue weighted by atomic mass is 16.7. The van der Waals surface area contributed by atoms with Gasteiger partial charge < -0.3 is 9.47 Å². The fourth-order valence-electron chi connectivity index (χ4n) is 1.54. The Kier molecular flexibility index (Phi) is 3.97. The van der Waals surface area contributed by atoms with Crippen molar-refractivity contribution in [2.45, 2.75) is 13.2 Å². The highest BCUT2D eigenvalue weighted by Crippen LogP contribution is 2.22. The van der Waals surface area contributed by atoms with Gasteiger partial charge in [-0.3, -0.25) is 4.79 Å². The van der Waals surface area contributed by atoms with Gasteiger partial charge in [-0.25, -0.2) is 0 Å². The average molecular weight is 242 g/mol. The maximum Gasteiger partial charge on any atom is 0.305 e. The molecule has 1 atom stereocenters. The summed E-state index contributed by atoms with van der Waals surface area (Å²) in [7, 11) is 0. The Labute approximate surface area is 106 Å². The first-order valence-corrected chi connectivity index (χ1v) is 5.69. The van der Waals surface area contributed by atoms with Gasteiger partial charge in [0.1, 0.15) is 5.75 Å². The molecule has 0 unspecified atom stereocenters. The van der Waals surface area contributed by atoms with Crippen LogP contribution in [0.3, 0.4) is 0 Å². The molecule has 0 aliphatic rings. The van der Waals surface area contributed by atoms with E-state index in [1.807, 2.05) is 60.7 Å². The van der Waals surface area contributed by atoms with E-state index in [-0.39, 0.29) is 5.97 Å². The Morgan fingerprint density at radius 1 is 0.944 bits per heavy atom. The average Bonchev–Trinajstić information content (AvgIpc) is 2.40. The van der Waals surface area contributed by atoms with Gasteiger partial charge in [0.25, 0.3) is 6.29 Å². The van der Waals surface area contributed by atoms with Crippen molar-refractivity contribution in [2.75, 3.05) is 0 Å². The zero-order chi connectivity index (χ0) is 12.8. The number of hydrogen-bond acceptors (Lipinski definition) is 3. The van der Waals surface area contributed by atoms with Gasteiger partial charge in [-0.1, -0.05) is 48.5 Å². The molecule has 0 saturated carbocycles. The lowest BCUT2D eigenvalue weighted by Gasteiger charge is -2.18. The van der Waals surface area contributed by atoms with Gasteiger partial charge in [0.2, 0.25) is 0 Å². The molecule has 0 heterocycles. The number of rotatable bonds is 4. The molecule has 0 aliphatic heterocycles. The zero-order valence-corrected chi connectivity index (χ0v) is 10.1. The van der Waals surface area contributed by atoms with E-state index >= 15 is 0 Å². The molecular weight excluding hydrogens is 228 g/mol. The number of esters is 1. The van der Waals surface area contributed by atoms with Crippen molar-refractivity contribution < 1.29 is 14.3 Å². The molecule has 0 aromatic heterocycles. The number of carbonyl (C=O) groups is 1. The van der Waals surface area contributed by atoms with Crippen LogP contribution in [0.15, 0.2) is 60.7 Å². The van der Waals surface area contributed by atoms with E-state index in [1.165, 1.54) is 6.92 Å². The molecule has 0 radical (unpaired) electrons. The minimum absolute atomic E-state index is 0.375. The lowest BCUT2D eigenvalue weighted by atomic mass is 10.2. The van der Waals surface area contributed by atoms with Crippen molar-refractivity contribution in [1.82, 2.24) is 0 Å². The summed E-state index contributed by atoms with van der Waals surface area (Å²) >= 11 is 0. The summed E-state index contributed by atoms with van der Waals surface area (Å²) in [4.78, 5) is 11.1. The van der Waals surface area contributed by atoms with Gasteiger partial charge >= 0.3 is 5.97 Å². The Morgan fingerprint density at radius 2 is 1.50 bits per heavy atom. The van der Waals surface area contributed by atoms with Crippen LogP contribution in [0.25, 0.3) is 0 Å². The fourth-order valence-corrected chi connectivity index (χ4v) is 1.54. The normalized spacial score (nSPS) is 11.6. The standard InChI is InChI=1S/C15H14O3/c1-12(16)17-15(13-8-4-2-5-9-13)18-14-10-6-3-7-11-14/h2-11,15H,1H3/t15-/m0/s1. The summed E-state index contributed by atoms with van der Waals surface area (Å²) in [5.74, 6) is 0.285. The third kappa shape index (κ3) is 3.35. The number of ether oxygens (including phenoxy) is 2. The monoisotopic (exact) mass is 242 g/mol. The molecule has 0 amide bonds. The number of carbonyl (C=O) groups excluding carboxylic acids is 1. The molecule has 3 heteroatoms. The van der Waals surface area contributed by atoms with Crippen LogP contribution >= 0.6 is 0 Å². The smallest absolute Gasteiger partial charge is 0.305 e. The Bertz CT molecular complexity index is 494. The van der Waals surface area contributed by atoms with Gasteiger partial charge in [0.05, 0.1) is 0 Å². The topological polar surface area (TPSA) is 35.5 Å². The highest BCUT2D eigenvalue weighted by molar-refractivity contribution is 5.66. The van der Waals surface area contributed by atoms with Crippen molar-refractivity contribution in [3.63, 3.8) is 0 Å². The van der Waals surface area contributed by atoms with E-state index in [4.69, 9.17) is 9.47 Å². The summed E-state index contributed by atoms with van der Waals surface area (Å²) < 4.78 is 10.8. The summed E-state index contributed by atoms with van der Waals surface area (Å²) in [5, 5.41) is 0. The van der Waals surface area contributed by atoms with Crippen LogP contribution in [0.2, 0.25) is 0 Å². The second kappa shape index (κ2) is 5.87. The van der Waals surface area contributed by atoms with Crippen LogP contribution in [-0.4, -0.2) is 5.97 Å². The van der Waals surface area contributed by atoms with E-state index in [0.717, 1.165) is 5.56 Å². The molecule has 2 aromatic rings. The van der Waals surface area contributed by atoms with E-state index in [9.17, 15) is 4.79 Å². The first-order valence-electron chi connectivity index (χ1n) is 5.69. The van der Waals surface area contributed by atoms with Gasteiger partial charge in [-0.15, -0.1) is 0 Å². The van der Waals surface area contributed by atoms with Gasteiger partial charge in [-0.2, -0.15) is 0 Å². The summed E-state index contributed by atoms with van der Waals surface area (Å²) in [6, 6.07) is 18.6. The van der Waals surface area contributed by atoms with Crippen molar-refractivity contribution >= 4 is 5.97 Å². The van der Waals surface area contributed by atoms with Gasteiger partial charge in [0, 0.05) is 12.5 Å². The second-order valence-corrected chi connectivity index (χ2v) is 3.78. The lowest BCUT2D eigenvalue weighted by molar-refractivity contribution is -0.162. The zero-order valence-electron chi connectivity index (χ0n) is 10.1. The van der Waals surface area contributed by atoms with E-state index in [0.29, 0.717) is 5.75 Å². The van der Waals surface area contributed by atoms with Crippen molar-refractivity contribution in [3.05, 3.63) is 66.2 Å².